The van der Waals surface area contributed by atoms with Crippen LogP contribution in [0, 0.1) is 86.0 Å². The number of rotatable bonds is 8. The standard InChI is InChI=1S/C21H18FN5O2S.C13H14FN3O.C11H8N2O2S.C8H9FN2O.C8H5N3S.C7H7N3.C6H9N.C4H6O.C3H8/c1-12-9-14(11-25-17(12)23-2)26-19(29)21(7-4-8-21)27(20(26)30)13-5-6-15(16(22)10-13)18(28)24-3;1-16-12(18)10-4-3-9(7-11(10)14)17-13(8-15)5-2-6-13;14-9-5-1-3-7-12(9)11(16)13-8-4-2-6-10(13)15;1-11-8(12)6-3-2-5(10)4-7(6)9;1-6-3-7(11-5-12)4-10-8(6)9-2;1-5-3-6(8)4-10-7(5)9-2;1-6(5-7)3-2-4-6;5-4-2-1-3-4;1-3-2/h5-6,9-11H,4,7-8H2,1,3H3,(H,24,28);3-4,7,17H,2,5-6H2,1H3,(H,16,18);1-8H;2-4H,10H2,1H3,(H,11,12);3-4H,1H3;3-4H,8H2,1H3;2-4H2,1H3;1-3H2;3H2,1-2H3. The molecule has 1 saturated heterocycles. The van der Waals surface area contributed by atoms with Crippen molar-refractivity contribution >= 4 is 133 Å². The highest BCUT2D eigenvalue weighted by Gasteiger charge is 2.60. The number of carbonyl (C=O) groups is 5. The van der Waals surface area contributed by atoms with Crippen molar-refractivity contribution in [2.75, 3.05) is 47.7 Å². The lowest BCUT2D eigenvalue weighted by Crippen LogP contribution is -2.55. The molecule has 5 aliphatic rings. The second kappa shape index (κ2) is 43.4. The van der Waals surface area contributed by atoms with Crippen LogP contribution in [-0.2, 0) is 9.59 Å². The van der Waals surface area contributed by atoms with E-state index in [1.807, 2.05) is 20.8 Å². The maximum absolute atomic E-state index is 14.6. The Morgan fingerprint density at radius 1 is 0.602 bits per heavy atom. The molecule has 3 aromatic carbocycles. The van der Waals surface area contributed by atoms with Crippen molar-refractivity contribution in [3.63, 3.8) is 0 Å². The molecular formula is C81H84F3N19O7S3. The normalized spacial score (nSPS) is 13.9. The maximum Gasteiger partial charge on any atom is 0.272 e. The van der Waals surface area contributed by atoms with E-state index in [4.69, 9.17) is 66.1 Å². The Kier molecular flexibility index (Phi) is 34.8. The lowest BCUT2D eigenvalue weighted by molar-refractivity contribution is -0.124. The summed E-state index contributed by atoms with van der Waals surface area (Å²) in [6, 6.07) is 31.5. The second-order valence-electron chi connectivity index (χ2n) is 26.0. The molecule has 1 aliphatic heterocycles. The van der Waals surface area contributed by atoms with E-state index < -0.39 is 46.3 Å². The molecule has 4 aliphatic carbocycles. The highest BCUT2D eigenvalue weighted by molar-refractivity contribution is 7.81. The van der Waals surface area contributed by atoms with Crippen LogP contribution < -0.4 is 53.7 Å². The molecule has 13 rings (SSSR count). The molecule has 6 heterocycles. The fraction of sp³-hybridized carbons (Fsp3) is 0.309. The molecule has 5 fully saturated rings. The van der Waals surface area contributed by atoms with E-state index in [-0.39, 0.29) is 55.2 Å². The molecule has 4 amide bonds. The summed E-state index contributed by atoms with van der Waals surface area (Å²) in [6.45, 7) is 32.2. The number of ketones is 1. The van der Waals surface area contributed by atoms with Crippen molar-refractivity contribution in [2.24, 2.45) is 10.4 Å². The molecule has 0 atom stereocenters. The minimum atomic E-state index is -0.871. The van der Waals surface area contributed by atoms with Crippen molar-refractivity contribution in [3.05, 3.63) is 246 Å². The summed E-state index contributed by atoms with van der Waals surface area (Å²) in [5.74, 6) is -1.98. The van der Waals surface area contributed by atoms with Gasteiger partial charge in [0, 0.05) is 75.6 Å². The van der Waals surface area contributed by atoms with E-state index in [0.717, 1.165) is 75.0 Å². The number of aryl methyl sites for hydroxylation is 3. The molecule has 26 nitrogen and oxygen atoms in total. The smallest absolute Gasteiger partial charge is 0.272 e. The monoisotopic (exact) mass is 1590 g/mol. The number of aliphatic imine (C=N–C) groups is 1. The number of anilines is 5. The van der Waals surface area contributed by atoms with Gasteiger partial charge in [-0.05, 0) is 224 Å². The molecule has 4 saturated carbocycles. The number of nitriles is 2. The quantitative estimate of drug-likeness (QED) is 0.0356. The first-order valence-electron chi connectivity index (χ1n) is 35.3. The Morgan fingerprint density at radius 3 is 1.42 bits per heavy atom. The molecule has 8 aromatic rings. The van der Waals surface area contributed by atoms with Crippen LogP contribution >= 0.6 is 36.7 Å². The molecule has 0 bridgehead atoms. The number of carbonyl (C=O) groups excluding carboxylic acids is 5. The molecule has 5 aromatic heterocycles. The van der Waals surface area contributed by atoms with Gasteiger partial charge in [-0.3, -0.25) is 47.6 Å². The Bertz CT molecular complexity index is 5170. The van der Waals surface area contributed by atoms with Crippen LogP contribution in [0.3, 0.4) is 0 Å². The number of halogens is 3. The van der Waals surface area contributed by atoms with Crippen LogP contribution in [0.25, 0.3) is 14.5 Å². The average molecular weight is 1590 g/mol. The molecule has 1 spiro atoms. The molecule has 8 N–H and O–H groups in total. The van der Waals surface area contributed by atoms with Gasteiger partial charge in [-0.1, -0.05) is 58.5 Å². The van der Waals surface area contributed by atoms with Gasteiger partial charge < -0.3 is 52.2 Å². The number of nitrogens with two attached hydrogens (primary N) is 2. The molecule has 113 heavy (non-hydrogen) atoms. The number of hydrogen-bond acceptors (Lipinski definition) is 19. The van der Waals surface area contributed by atoms with Crippen LogP contribution in [0.4, 0.5) is 64.7 Å². The van der Waals surface area contributed by atoms with E-state index in [9.17, 15) is 46.7 Å². The van der Waals surface area contributed by atoms with Crippen LogP contribution in [-0.4, -0.2) is 101 Å². The lowest BCUT2D eigenvalue weighted by Gasteiger charge is -2.43. The number of nitrogens with one attached hydrogen (secondary N) is 4. The number of pyridine rings is 5. The average Bonchev–Trinajstić information content (AvgIpc) is 1.56. The largest absolute Gasteiger partial charge is 0.399 e. The van der Waals surface area contributed by atoms with Gasteiger partial charge in [0.15, 0.2) is 10.2 Å². The molecule has 584 valence electrons. The lowest BCUT2D eigenvalue weighted by atomic mass is 9.72. The number of amides is 4. The van der Waals surface area contributed by atoms with Gasteiger partial charge >= 0.3 is 0 Å². The van der Waals surface area contributed by atoms with Gasteiger partial charge in [-0.15, -0.1) is 15.0 Å². The Morgan fingerprint density at radius 2 is 1.06 bits per heavy atom. The summed E-state index contributed by atoms with van der Waals surface area (Å²) in [7, 11) is 4.32. The zero-order chi connectivity index (χ0) is 83.8. The first kappa shape index (κ1) is 90.6. The highest BCUT2D eigenvalue weighted by Crippen LogP contribution is 2.48. The van der Waals surface area contributed by atoms with Gasteiger partial charge in [0.25, 0.3) is 52.2 Å². The van der Waals surface area contributed by atoms with Crippen LogP contribution in [0.5, 0.6) is 0 Å². The molecule has 0 radical (unpaired) electrons. The summed E-state index contributed by atoms with van der Waals surface area (Å²) in [5, 5.41) is 30.2. The van der Waals surface area contributed by atoms with Crippen molar-refractivity contribution in [1.29, 1.82) is 10.5 Å². The van der Waals surface area contributed by atoms with Crippen LogP contribution in [0.15, 0.2) is 155 Å². The SMILES string of the molecule is CC1(C#N)CCC1.CCC.CNC(=O)c1ccc(N)cc1F.CNC(=O)c1ccc(NC2(C#N)CCC2)cc1F.O=C1CCC1.O=c1ccccn1C(=S)n1ccccc1=O.[C-]#[N+]c1ncc(N)cc1C.[C-]#[N+]c1ncc(N2C(=O)C3(CCC3)N(c3ccc(C(=O)NC)c(F)c3)C2=S)cc1C.[C-]#[N+]c1ncc(N=C=S)cc1C. The third-order valence-corrected chi connectivity index (χ3v) is 18.4. The highest BCUT2D eigenvalue weighted by atomic mass is 32.1. The summed E-state index contributed by atoms with van der Waals surface area (Å²) in [6.07, 6.45) is 19.6. The number of isothiocyanates is 1. The van der Waals surface area contributed by atoms with Crippen LogP contribution in [0.1, 0.15) is 152 Å². The van der Waals surface area contributed by atoms with E-state index in [0.29, 0.717) is 69.9 Å². The number of Topliss-reactive ketones (excluding diaryl/α,β-unsaturated/α-hetero) is 1. The third-order valence-electron chi connectivity index (χ3n) is 17.6. The molecular weight excluding hydrogens is 1500 g/mol. The first-order chi connectivity index (χ1) is 53.9. The number of nitrogen functional groups attached to an aromatic ring is 2. The summed E-state index contributed by atoms with van der Waals surface area (Å²) >= 11 is 15.2. The topological polar surface area (TPSA) is 348 Å². The minimum absolute atomic E-state index is 0.00247. The zero-order valence-electron chi connectivity index (χ0n) is 63.7. The van der Waals surface area contributed by atoms with E-state index >= 15 is 0 Å². The Balaban J connectivity index is 0.000000241. The maximum atomic E-state index is 14.6. The second-order valence-corrected chi connectivity index (χ2v) is 26.9. The third kappa shape index (κ3) is 24.5. The van der Waals surface area contributed by atoms with Crippen LogP contribution in [0.2, 0.25) is 0 Å². The number of aromatic nitrogens is 5. The molecule has 0 unspecified atom stereocenters. The van der Waals surface area contributed by atoms with Gasteiger partial charge in [0.05, 0.1) is 50.8 Å². The van der Waals surface area contributed by atoms with Crippen molar-refractivity contribution in [1.82, 2.24) is 40.0 Å². The van der Waals surface area contributed by atoms with Gasteiger partial charge in [-0.25, -0.2) is 13.2 Å². The summed E-state index contributed by atoms with van der Waals surface area (Å²) in [4.78, 5) is 109. The Labute approximate surface area is 669 Å². The van der Waals surface area contributed by atoms with Gasteiger partial charge in [-0.2, -0.15) is 15.5 Å². The van der Waals surface area contributed by atoms with Gasteiger partial charge in [0.1, 0.15) is 58.6 Å². The predicted molar refractivity (Wildman–Crippen MR) is 441 cm³/mol. The summed E-state index contributed by atoms with van der Waals surface area (Å²) < 4.78 is 43.8. The van der Waals surface area contributed by atoms with Crippen molar-refractivity contribution in [2.45, 2.75) is 136 Å². The Hall–Kier alpha value is -13.0. The summed E-state index contributed by atoms with van der Waals surface area (Å²) in [5.41, 5.74) is 14.0. The van der Waals surface area contributed by atoms with E-state index in [2.05, 4.69) is 99.1 Å². The first-order valence-corrected chi connectivity index (χ1v) is 36.5. The zero-order valence-corrected chi connectivity index (χ0v) is 66.1. The van der Waals surface area contributed by atoms with Crippen molar-refractivity contribution in [3.8, 4) is 12.1 Å². The van der Waals surface area contributed by atoms with Crippen molar-refractivity contribution < 1.29 is 37.1 Å². The van der Waals surface area contributed by atoms with Gasteiger partial charge in [0.2, 0.25) is 0 Å². The number of nitrogens with zero attached hydrogens (tertiary/aromatic N) is 13. The number of thiocarbonyl (C=S) groups is 3. The number of benzene rings is 3. The fourth-order valence-corrected chi connectivity index (χ4v) is 11.6. The van der Waals surface area contributed by atoms with E-state index in [1.54, 1.807) is 66.4 Å². The minimum Gasteiger partial charge on any atom is -0.399 e. The predicted octanol–water partition coefficient (Wildman–Crippen LogP) is 15.1. The van der Waals surface area contributed by atoms with E-state index in [1.165, 1.54) is 128 Å². The molecule has 32 heteroatoms. The number of hydrogen-bond donors (Lipinski definition) is 6. The fourth-order valence-electron chi connectivity index (χ4n) is 10.7.